The molecule has 4 rings (SSSR count). The van der Waals surface area contributed by atoms with E-state index in [-0.39, 0.29) is 6.10 Å². The van der Waals surface area contributed by atoms with Crippen LogP contribution in [0.25, 0.3) is 0 Å². The Morgan fingerprint density at radius 3 is 2.81 bits per heavy atom. The van der Waals surface area contributed by atoms with Gasteiger partial charge < -0.3 is 9.47 Å². The minimum atomic E-state index is -0.527. The second-order valence-corrected chi connectivity index (χ2v) is 9.71. The zero-order valence-corrected chi connectivity index (χ0v) is 19.7. The van der Waals surface area contributed by atoms with Crippen molar-refractivity contribution < 1.29 is 9.47 Å². The smallest absolute Gasteiger partial charge is 0.141 e. The highest BCUT2D eigenvalue weighted by atomic mass is 35.5. The minimum Gasteiger partial charge on any atom is -0.374 e. The number of aromatic nitrogens is 3. The van der Waals surface area contributed by atoms with Crippen LogP contribution in [0, 0.1) is 0 Å². The van der Waals surface area contributed by atoms with Gasteiger partial charge >= 0.3 is 0 Å². The Morgan fingerprint density at radius 2 is 2.06 bits per heavy atom. The third-order valence-electron chi connectivity index (χ3n) is 5.33. The van der Waals surface area contributed by atoms with E-state index in [4.69, 9.17) is 32.7 Å². The molecule has 0 unspecified atom stereocenters. The van der Waals surface area contributed by atoms with Crippen molar-refractivity contribution in [3.8, 4) is 0 Å². The molecule has 1 aromatic heterocycles. The average molecular weight is 478 g/mol. The molecule has 3 aromatic rings. The lowest BCUT2D eigenvalue weighted by molar-refractivity contribution is -0.0591. The number of aryl methyl sites for hydroxylation is 2. The molecule has 1 aliphatic heterocycles. The van der Waals surface area contributed by atoms with Gasteiger partial charge in [0.05, 0.1) is 19.3 Å². The number of hydrogen-bond acceptors (Lipinski definition) is 5. The maximum absolute atomic E-state index is 6.61. The summed E-state index contributed by atoms with van der Waals surface area (Å²) in [6.07, 6.45) is 4.11. The third kappa shape index (κ3) is 5.62. The summed E-state index contributed by atoms with van der Waals surface area (Å²) < 4.78 is 14.4. The van der Waals surface area contributed by atoms with Gasteiger partial charge in [0.25, 0.3) is 0 Å². The molecule has 0 saturated carbocycles. The van der Waals surface area contributed by atoms with Gasteiger partial charge in [-0.2, -0.15) is 5.10 Å². The summed E-state index contributed by atoms with van der Waals surface area (Å²) in [5.41, 5.74) is 2.12. The van der Waals surface area contributed by atoms with Crippen LogP contribution in [-0.4, -0.2) is 33.2 Å². The molecule has 2 aromatic carbocycles. The van der Waals surface area contributed by atoms with Crippen molar-refractivity contribution in [1.82, 2.24) is 14.8 Å². The largest absolute Gasteiger partial charge is 0.374 e. The predicted molar refractivity (Wildman–Crippen MR) is 126 cm³/mol. The molecule has 1 aliphatic rings. The van der Waals surface area contributed by atoms with E-state index in [1.165, 1.54) is 0 Å². The summed E-state index contributed by atoms with van der Waals surface area (Å²) in [5, 5.41) is 5.40. The summed E-state index contributed by atoms with van der Waals surface area (Å²) in [4.78, 5) is 3.80. The van der Waals surface area contributed by atoms with Gasteiger partial charge in [-0.05, 0) is 30.5 Å². The maximum Gasteiger partial charge on any atom is 0.141 e. The number of thioether (sulfide) groups is 1. The molecule has 0 spiro atoms. The fourth-order valence-electron chi connectivity index (χ4n) is 3.76. The van der Waals surface area contributed by atoms with Gasteiger partial charge in [0, 0.05) is 34.8 Å². The molecule has 2 heterocycles. The fourth-order valence-corrected chi connectivity index (χ4v) is 5.82. The Labute approximate surface area is 197 Å². The van der Waals surface area contributed by atoms with Crippen LogP contribution in [0.2, 0.25) is 10.0 Å². The number of nitrogens with zero attached hydrogens (tertiary/aromatic N) is 3. The quantitative estimate of drug-likeness (QED) is 0.398. The van der Waals surface area contributed by atoms with Gasteiger partial charge in [-0.25, -0.2) is 4.98 Å². The number of benzene rings is 2. The van der Waals surface area contributed by atoms with E-state index < -0.39 is 4.93 Å². The Kier molecular flexibility index (Phi) is 7.56. The Balaban J connectivity index is 1.43. The lowest BCUT2D eigenvalue weighted by Crippen LogP contribution is -2.27. The Hall–Kier alpha value is -1.57. The van der Waals surface area contributed by atoms with E-state index in [2.05, 4.69) is 22.2 Å². The summed E-state index contributed by atoms with van der Waals surface area (Å²) >= 11 is 14.5. The normalized spacial score (nSPS) is 20.9. The van der Waals surface area contributed by atoms with Crippen LogP contribution < -0.4 is 0 Å². The molecule has 0 bridgehead atoms. The molecule has 0 radical (unpaired) electrons. The third-order valence-corrected chi connectivity index (χ3v) is 7.40. The molecule has 1 saturated heterocycles. The van der Waals surface area contributed by atoms with Crippen LogP contribution in [0.1, 0.15) is 29.8 Å². The van der Waals surface area contributed by atoms with E-state index in [9.17, 15) is 0 Å². The molecule has 8 heteroatoms. The van der Waals surface area contributed by atoms with E-state index in [1.54, 1.807) is 24.2 Å². The van der Waals surface area contributed by atoms with Crippen molar-refractivity contribution >= 4 is 35.0 Å². The molecule has 1 fully saturated rings. The predicted octanol–water partition coefficient (Wildman–Crippen LogP) is 5.65. The lowest BCUT2D eigenvalue weighted by atomic mass is 10.0. The van der Waals surface area contributed by atoms with Gasteiger partial charge in [-0.15, -0.1) is 11.8 Å². The molecule has 31 heavy (non-hydrogen) atoms. The standard InChI is InChI=1S/C23H25Cl2N3O2S/c1-28-22(26-16-27-28)8-5-11-23(20-10-9-18(24)12-21(20)25)30-19(15-31-23)14-29-13-17-6-3-2-4-7-17/h2-4,6-7,9-10,12,16,19H,5,8,11,13-15H2,1H3/t19-,23+/m0/s1. The minimum absolute atomic E-state index is 0.00437. The zero-order chi connectivity index (χ0) is 21.7. The van der Waals surface area contributed by atoms with Gasteiger partial charge in [0.15, 0.2) is 0 Å². The van der Waals surface area contributed by atoms with Crippen molar-refractivity contribution in [3.63, 3.8) is 0 Å². The molecule has 0 aliphatic carbocycles. The van der Waals surface area contributed by atoms with Crippen molar-refractivity contribution in [1.29, 1.82) is 0 Å². The second-order valence-electron chi connectivity index (χ2n) is 7.58. The highest BCUT2D eigenvalue weighted by Crippen LogP contribution is 2.50. The summed E-state index contributed by atoms with van der Waals surface area (Å²) in [6, 6.07) is 15.8. The molecular weight excluding hydrogens is 453 g/mol. The van der Waals surface area contributed by atoms with E-state index >= 15 is 0 Å². The second kappa shape index (κ2) is 10.4. The SMILES string of the molecule is Cn1ncnc1CCC[C@@]1(c2ccc(Cl)cc2Cl)O[C@@H](COCc2ccccc2)CS1. The average Bonchev–Trinajstić information content (AvgIpc) is 3.36. The van der Waals surface area contributed by atoms with Crippen LogP contribution in [-0.2, 0) is 34.5 Å². The molecule has 0 N–H and O–H groups in total. The molecule has 2 atom stereocenters. The topological polar surface area (TPSA) is 49.2 Å². The van der Waals surface area contributed by atoms with Gasteiger partial charge in [-0.3, -0.25) is 4.68 Å². The van der Waals surface area contributed by atoms with E-state index in [1.807, 2.05) is 42.1 Å². The zero-order valence-electron chi connectivity index (χ0n) is 17.3. The van der Waals surface area contributed by atoms with Crippen molar-refractivity contribution in [2.24, 2.45) is 7.05 Å². The molecule has 5 nitrogen and oxygen atoms in total. The van der Waals surface area contributed by atoms with Crippen molar-refractivity contribution in [3.05, 3.63) is 81.9 Å². The Morgan fingerprint density at radius 1 is 1.23 bits per heavy atom. The number of ether oxygens (including phenoxy) is 2. The summed E-state index contributed by atoms with van der Waals surface area (Å²) in [7, 11) is 1.91. The first-order chi connectivity index (χ1) is 15.1. The van der Waals surface area contributed by atoms with Crippen molar-refractivity contribution in [2.75, 3.05) is 12.4 Å². The van der Waals surface area contributed by atoms with Crippen LogP contribution in [0.15, 0.2) is 54.9 Å². The molecule has 0 amide bonds. The Bertz CT molecular complexity index is 1000. The van der Waals surface area contributed by atoms with Crippen LogP contribution in [0.4, 0.5) is 0 Å². The van der Waals surface area contributed by atoms with E-state index in [0.29, 0.717) is 23.3 Å². The van der Waals surface area contributed by atoms with Crippen molar-refractivity contribution in [2.45, 2.75) is 36.9 Å². The van der Waals surface area contributed by atoms with Gasteiger partial charge in [0.2, 0.25) is 0 Å². The van der Waals surface area contributed by atoms with Crippen LogP contribution in [0.3, 0.4) is 0 Å². The van der Waals surface area contributed by atoms with Crippen LogP contribution in [0.5, 0.6) is 0 Å². The van der Waals surface area contributed by atoms with Crippen LogP contribution >= 0.6 is 35.0 Å². The first kappa shape index (κ1) is 22.6. The fraction of sp³-hybridized carbons (Fsp3) is 0.391. The molecule has 164 valence electrons. The summed E-state index contributed by atoms with van der Waals surface area (Å²) in [6.45, 7) is 1.12. The van der Waals surface area contributed by atoms with Gasteiger partial charge in [-0.1, -0.05) is 59.6 Å². The highest BCUT2D eigenvalue weighted by Gasteiger charge is 2.43. The first-order valence-electron chi connectivity index (χ1n) is 10.3. The number of halogens is 2. The monoisotopic (exact) mass is 477 g/mol. The number of rotatable bonds is 9. The summed E-state index contributed by atoms with van der Waals surface area (Å²) in [5.74, 6) is 1.81. The van der Waals surface area contributed by atoms with Gasteiger partial charge in [0.1, 0.15) is 17.1 Å². The first-order valence-corrected chi connectivity index (χ1v) is 12.0. The molecular formula is C23H25Cl2N3O2S. The number of hydrogen-bond donors (Lipinski definition) is 0. The maximum atomic E-state index is 6.61. The van der Waals surface area contributed by atoms with E-state index in [0.717, 1.165) is 42.0 Å². The highest BCUT2D eigenvalue weighted by molar-refractivity contribution is 8.00. The lowest BCUT2D eigenvalue weighted by Gasteiger charge is -2.30.